The average molecular weight is 246 g/mol. The first-order valence-corrected chi connectivity index (χ1v) is 6.77. The number of piperidine rings is 1. The summed E-state index contributed by atoms with van der Waals surface area (Å²) in [6, 6.07) is 8.62. The van der Waals surface area contributed by atoms with Crippen molar-refractivity contribution in [2.24, 2.45) is 0 Å². The molecule has 98 valence electrons. The summed E-state index contributed by atoms with van der Waals surface area (Å²) in [5.74, 6) is 0. The van der Waals surface area contributed by atoms with Gasteiger partial charge in [0.05, 0.1) is 0 Å². The van der Waals surface area contributed by atoms with Gasteiger partial charge in [-0.1, -0.05) is 24.3 Å². The third-order valence-corrected chi connectivity index (χ3v) is 3.76. The van der Waals surface area contributed by atoms with Gasteiger partial charge in [0.1, 0.15) is 0 Å². The highest BCUT2D eigenvalue weighted by Gasteiger charge is 2.22. The predicted molar refractivity (Wildman–Crippen MR) is 73.4 cm³/mol. The number of carbonyl (C=O) groups excluding carboxylic acids is 1. The standard InChI is InChI=1S/C15H22N2O/c1-12-7-3-4-9-14(12)11-16-15(18)17-10-6-5-8-13(17)2/h3-4,7,9,13H,5-6,8,10-11H2,1-2H3,(H,16,18). The summed E-state index contributed by atoms with van der Waals surface area (Å²) in [4.78, 5) is 14.1. The van der Waals surface area contributed by atoms with E-state index in [-0.39, 0.29) is 6.03 Å². The van der Waals surface area contributed by atoms with E-state index in [4.69, 9.17) is 0 Å². The Balaban J connectivity index is 1.90. The number of aryl methyl sites for hydroxylation is 1. The van der Waals surface area contributed by atoms with E-state index in [1.807, 2.05) is 17.0 Å². The van der Waals surface area contributed by atoms with E-state index in [9.17, 15) is 4.79 Å². The Kier molecular flexibility index (Phi) is 4.24. The quantitative estimate of drug-likeness (QED) is 0.854. The van der Waals surface area contributed by atoms with Crippen molar-refractivity contribution in [3.8, 4) is 0 Å². The summed E-state index contributed by atoms with van der Waals surface area (Å²) < 4.78 is 0. The Morgan fingerprint density at radius 3 is 2.89 bits per heavy atom. The number of nitrogens with one attached hydrogen (secondary N) is 1. The van der Waals surface area contributed by atoms with Crippen LogP contribution in [-0.4, -0.2) is 23.5 Å². The molecule has 0 aliphatic carbocycles. The Morgan fingerprint density at radius 1 is 1.39 bits per heavy atom. The number of hydrogen-bond donors (Lipinski definition) is 1. The first-order valence-electron chi connectivity index (χ1n) is 6.77. The van der Waals surface area contributed by atoms with Gasteiger partial charge in [-0.3, -0.25) is 0 Å². The molecule has 0 saturated carbocycles. The molecule has 1 fully saturated rings. The minimum atomic E-state index is 0.0745. The number of amides is 2. The van der Waals surface area contributed by atoms with Gasteiger partial charge >= 0.3 is 6.03 Å². The van der Waals surface area contributed by atoms with E-state index in [1.165, 1.54) is 17.5 Å². The van der Waals surface area contributed by atoms with E-state index < -0.39 is 0 Å². The van der Waals surface area contributed by atoms with Crippen molar-refractivity contribution in [3.05, 3.63) is 35.4 Å². The number of hydrogen-bond acceptors (Lipinski definition) is 1. The summed E-state index contributed by atoms with van der Waals surface area (Å²) in [7, 11) is 0. The number of likely N-dealkylation sites (tertiary alicyclic amines) is 1. The van der Waals surface area contributed by atoms with E-state index >= 15 is 0 Å². The van der Waals surface area contributed by atoms with Crippen molar-refractivity contribution in [3.63, 3.8) is 0 Å². The number of nitrogens with zero attached hydrogens (tertiary/aromatic N) is 1. The molecule has 1 N–H and O–H groups in total. The lowest BCUT2D eigenvalue weighted by Gasteiger charge is -2.33. The molecule has 0 radical (unpaired) electrons. The number of benzene rings is 1. The van der Waals surface area contributed by atoms with Crippen LogP contribution < -0.4 is 5.32 Å². The van der Waals surface area contributed by atoms with Crippen LogP contribution >= 0.6 is 0 Å². The third kappa shape index (κ3) is 3.03. The monoisotopic (exact) mass is 246 g/mol. The smallest absolute Gasteiger partial charge is 0.317 e. The van der Waals surface area contributed by atoms with Crippen LogP contribution in [-0.2, 0) is 6.54 Å². The third-order valence-electron chi connectivity index (χ3n) is 3.76. The molecule has 0 bridgehead atoms. The molecule has 2 rings (SSSR count). The minimum absolute atomic E-state index is 0.0745. The highest BCUT2D eigenvalue weighted by atomic mass is 16.2. The highest BCUT2D eigenvalue weighted by molar-refractivity contribution is 5.74. The minimum Gasteiger partial charge on any atom is -0.334 e. The van der Waals surface area contributed by atoms with Gasteiger partial charge in [0, 0.05) is 19.1 Å². The SMILES string of the molecule is Cc1ccccc1CNC(=O)N1CCCCC1C. The van der Waals surface area contributed by atoms with E-state index in [1.54, 1.807) is 0 Å². The molecular formula is C15H22N2O. The maximum Gasteiger partial charge on any atom is 0.317 e. The number of urea groups is 1. The summed E-state index contributed by atoms with van der Waals surface area (Å²) >= 11 is 0. The van der Waals surface area contributed by atoms with Crippen LogP contribution in [0.3, 0.4) is 0 Å². The van der Waals surface area contributed by atoms with Crippen LogP contribution in [0.1, 0.15) is 37.3 Å². The summed E-state index contributed by atoms with van der Waals surface area (Å²) in [6.45, 7) is 5.72. The van der Waals surface area contributed by atoms with E-state index in [0.29, 0.717) is 12.6 Å². The maximum absolute atomic E-state index is 12.1. The molecule has 1 unspecified atom stereocenters. The average Bonchev–Trinajstić information content (AvgIpc) is 2.38. The van der Waals surface area contributed by atoms with Crippen LogP contribution in [0.5, 0.6) is 0 Å². The van der Waals surface area contributed by atoms with Gasteiger partial charge in [-0.2, -0.15) is 0 Å². The fourth-order valence-corrected chi connectivity index (χ4v) is 2.48. The predicted octanol–water partition coefficient (Wildman–Crippen LogP) is 3.08. The molecule has 1 aromatic rings. The maximum atomic E-state index is 12.1. The van der Waals surface area contributed by atoms with Crippen molar-refractivity contribution in [2.75, 3.05) is 6.54 Å². The Hall–Kier alpha value is -1.51. The summed E-state index contributed by atoms with van der Waals surface area (Å²) in [5.41, 5.74) is 2.42. The molecule has 1 atom stereocenters. The summed E-state index contributed by atoms with van der Waals surface area (Å²) in [5, 5.41) is 3.03. The van der Waals surface area contributed by atoms with Crippen LogP contribution in [0, 0.1) is 6.92 Å². The molecule has 1 aliphatic rings. The van der Waals surface area contributed by atoms with Gasteiger partial charge in [-0.15, -0.1) is 0 Å². The second kappa shape index (κ2) is 5.89. The molecule has 0 aromatic heterocycles. The van der Waals surface area contributed by atoms with E-state index in [0.717, 1.165) is 19.4 Å². The lowest BCUT2D eigenvalue weighted by molar-refractivity contribution is 0.158. The topological polar surface area (TPSA) is 32.3 Å². The number of carbonyl (C=O) groups is 1. The molecule has 1 heterocycles. The molecule has 1 aliphatic heterocycles. The van der Waals surface area contributed by atoms with Crippen LogP contribution in [0.2, 0.25) is 0 Å². The van der Waals surface area contributed by atoms with Crippen molar-refractivity contribution in [2.45, 2.75) is 45.7 Å². The van der Waals surface area contributed by atoms with Crippen LogP contribution in [0.25, 0.3) is 0 Å². The van der Waals surface area contributed by atoms with E-state index in [2.05, 4.69) is 31.3 Å². The lowest BCUT2D eigenvalue weighted by Crippen LogP contribution is -2.47. The van der Waals surface area contributed by atoms with Crippen LogP contribution in [0.4, 0.5) is 4.79 Å². The zero-order valence-corrected chi connectivity index (χ0v) is 11.3. The Morgan fingerprint density at radius 2 is 2.17 bits per heavy atom. The lowest BCUT2D eigenvalue weighted by atomic mass is 10.0. The van der Waals surface area contributed by atoms with Gasteiger partial charge in [0.2, 0.25) is 0 Å². The number of rotatable bonds is 2. The zero-order valence-electron chi connectivity index (χ0n) is 11.3. The van der Waals surface area contributed by atoms with Crippen molar-refractivity contribution in [1.29, 1.82) is 0 Å². The molecule has 3 heteroatoms. The molecule has 2 amide bonds. The zero-order chi connectivity index (χ0) is 13.0. The summed E-state index contributed by atoms with van der Waals surface area (Å²) in [6.07, 6.45) is 3.49. The van der Waals surface area contributed by atoms with Crippen molar-refractivity contribution < 1.29 is 4.79 Å². The van der Waals surface area contributed by atoms with Crippen molar-refractivity contribution in [1.82, 2.24) is 10.2 Å². The van der Waals surface area contributed by atoms with Gasteiger partial charge < -0.3 is 10.2 Å². The van der Waals surface area contributed by atoms with Crippen LogP contribution in [0.15, 0.2) is 24.3 Å². The Bertz CT molecular complexity index is 417. The largest absolute Gasteiger partial charge is 0.334 e. The first kappa shape index (κ1) is 12.9. The fourth-order valence-electron chi connectivity index (χ4n) is 2.48. The van der Waals surface area contributed by atoms with Gasteiger partial charge in [-0.25, -0.2) is 4.79 Å². The Labute approximate surface area is 109 Å². The van der Waals surface area contributed by atoms with Gasteiger partial charge in [0.25, 0.3) is 0 Å². The molecule has 0 spiro atoms. The second-order valence-corrected chi connectivity index (χ2v) is 5.12. The normalized spacial score (nSPS) is 19.7. The fraction of sp³-hybridized carbons (Fsp3) is 0.533. The molecule has 18 heavy (non-hydrogen) atoms. The molecule has 1 saturated heterocycles. The molecule has 1 aromatic carbocycles. The van der Waals surface area contributed by atoms with Gasteiger partial charge in [0.15, 0.2) is 0 Å². The highest BCUT2D eigenvalue weighted by Crippen LogP contribution is 2.16. The molecular weight excluding hydrogens is 224 g/mol. The van der Waals surface area contributed by atoms with Gasteiger partial charge in [-0.05, 0) is 44.2 Å². The first-order chi connectivity index (χ1) is 8.68. The molecule has 3 nitrogen and oxygen atoms in total. The second-order valence-electron chi connectivity index (χ2n) is 5.12. The van der Waals surface area contributed by atoms with Crippen molar-refractivity contribution >= 4 is 6.03 Å².